The van der Waals surface area contributed by atoms with Gasteiger partial charge in [-0.15, -0.1) is 0 Å². The molecule has 0 radical (unpaired) electrons. The van der Waals surface area contributed by atoms with E-state index < -0.39 is 26.7 Å². The molecule has 1 atom stereocenters. The van der Waals surface area contributed by atoms with Gasteiger partial charge in [-0.25, -0.2) is 17.8 Å². The molecule has 0 bridgehead atoms. The zero-order valence-corrected chi connectivity index (χ0v) is 18.7. The van der Waals surface area contributed by atoms with Crippen molar-refractivity contribution in [3.05, 3.63) is 83.7 Å². The van der Waals surface area contributed by atoms with Gasteiger partial charge < -0.3 is 5.73 Å². The van der Waals surface area contributed by atoms with Crippen molar-refractivity contribution in [1.29, 1.82) is 0 Å². The van der Waals surface area contributed by atoms with Crippen molar-refractivity contribution >= 4 is 26.7 Å². The van der Waals surface area contributed by atoms with Crippen molar-refractivity contribution in [1.82, 2.24) is 14.8 Å². The number of sulfonamides is 1. The van der Waals surface area contributed by atoms with E-state index in [1.807, 2.05) is 31.2 Å². The largest absolute Gasteiger partial charge is 0.330 e. The summed E-state index contributed by atoms with van der Waals surface area (Å²) in [5, 5.41) is 4.85. The average Bonchev–Trinajstić information content (AvgIpc) is 3.19. The highest BCUT2D eigenvalue weighted by Gasteiger charge is 2.23. The van der Waals surface area contributed by atoms with E-state index in [9.17, 15) is 17.2 Å². The SMILES string of the molecule is CC(c1ccccc1CCCN)n1ncc2cc(S(=O)(=O)Nc3cccc(F)n3)c(F)cc21. The summed E-state index contributed by atoms with van der Waals surface area (Å²) in [6.07, 6.45) is 3.15. The molecule has 0 spiro atoms. The first kappa shape index (κ1) is 22.8. The molecule has 2 aromatic carbocycles. The molecule has 3 N–H and O–H groups in total. The molecule has 0 aliphatic carbocycles. The van der Waals surface area contributed by atoms with Crippen molar-refractivity contribution in [2.45, 2.75) is 30.7 Å². The van der Waals surface area contributed by atoms with E-state index in [1.165, 1.54) is 24.4 Å². The number of nitrogens with one attached hydrogen (secondary N) is 1. The summed E-state index contributed by atoms with van der Waals surface area (Å²) in [5.74, 6) is -2.04. The molecular formula is C23H23F2N5O2S. The van der Waals surface area contributed by atoms with E-state index in [2.05, 4.69) is 14.8 Å². The fourth-order valence-corrected chi connectivity index (χ4v) is 4.91. The predicted octanol–water partition coefficient (Wildman–Crippen LogP) is 4.01. The molecule has 1 unspecified atom stereocenters. The highest BCUT2D eigenvalue weighted by Crippen LogP contribution is 2.29. The number of nitrogens with zero attached hydrogens (tertiary/aromatic N) is 3. The number of aryl methyl sites for hydroxylation is 1. The van der Waals surface area contributed by atoms with Gasteiger partial charge in [-0.2, -0.15) is 9.49 Å². The Morgan fingerprint density at radius 1 is 1.12 bits per heavy atom. The standard InChI is InChI=1S/C23H23F2N5O2S/c1-15(18-8-3-2-6-16(18)7-5-11-26)30-20-13-19(24)21(12-17(20)14-27-30)33(31,32)29-23-10-4-9-22(25)28-23/h2-4,6,8-10,12-15H,5,7,11,26H2,1H3,(H,28,29). The number of pyridine rings is 1. The Morgan fingerprint density at radius 3 is 2.67 bits per heavy atom. The number of anilines is 1. The summed E-state index contributed by atoms with van der Waals surface area (Å²) in [7, 11) is -4.34. The van der Waals surface area contributed by atoms with Crippen LogP contribution in [0.15, 0.2) is 65.7 Å². The van der Waals surface area contributed by atoms with Crippen LogP contribution >= 0.6 is 0 Å². The molecule has 0 aliphatic rings. The van der Waals surface area contributed by atoms with E-state index in [-0.39, 0.29) is 11.9 Å². The second kappa shape index (κ2) is 9.24. The van der Waals surface area contributed by atoms with Gasteiger partial charge >= 0.3 is 0 Å². The first-order valence-corrected chi connectivity index (χ1v) is 11.9. The number of nitrogens with two attached hydrogens (primary N) is 1. The summed E-state index contributed by atoms with van der Waals surface area (Å²) in [4.78, 5) is 2.89. The molecule has 2 heterocycles. The topological polar surface area (TPSA) is 103 Å². The third kappa shape index (κ3) is 4.71. The second-order valence-electron chi connectivity index (χ2n) is 7.65. The van der Waals surface area contributed by atoms with Gasteiger partial charge in [0.2, 0.25) is 5.95 Å². The quantitative estimate of drug-likeness (QED) is 0.378. The molecule has 33 heavy (non-hydrogen) atoms. The van der Waals surface area contributed by atoms with Crippen LogP contribution in [0.25, 0.3) is 10.9 Å². The molecular weight excluding hydrogens is 448 g/mol. The molecule has 2 aromatic heterocycles. The van der Waals surface area contributed by atoms with Crippen molar-refractivity contribution in [3.8, 4) is 0 Å². The van der Waals surface area contributed by atoms with Gasteiger partial charge in [0, 0.05) is 11.5 Å². The number of halogens is 2. The minimum Gasteiger partial charge on any atom is -0.330 e. The van der Waals surface area contributed by atoms with Gasteiger partial charge in [0.05, 0.1) is 17.8 Å². The average molecular weight is 472 g/mol. The molecule has 0 amide bonds. The monoisotopic (exact) mass is 471 g/mol. The third-order valence-electron chi connectivity index (χ3n) is 5.42. The maximum atomic E-state index is 15.0. The molecule has 4 rings (SSSR count). The Morgan fingerprint density at radius 2 is 1.91 bits per heavy atom. The molecule has 0 saturated carbocycles. The van der Waals surface area contributed by atoms with Gasteiger partial charge in [-0.05, 0) is 55.6 Å². The van der Waals surface area contributed by atoms with Crippen molar-refractivity contribution in [3.63, 3.8) is 0 Å². The van der Waals surface area contributed by atoms with Gasteiger partial charge in [0.15, 0.2) is 0 Å². The lowest BCUT2D eigenvalue weighted by molar-refractivity contribution is 0.563. The van der Waals surface area contributed by atoms with Crippen LogP contribution in [0.4, 0.5) is 14.6 Å². The van der Waals surface area contributed by atoms with Crippen LogP contribution in [0, 0.1) is 11.8 Å². The molecule has 4 aromatic rings. The van der Waals surface area contributed by atoms with E-state index in [0.717, 1.165) is 36.1 Å². The Balaban J connectivity index is 1.70. The zero-order valence-electron chi connectivity index (χ0n) is 17.9. The summed E-state index contributed by atoms with van der Waals surface area (Å²) in [6, 6.07) is 13.7. The van der Waals surface area contributed by atoms with Gasteiger partial charge in [-0.1, -0.05) is 30.3 Å². The van der Waals surface area contributed by atoms with Crippen LogP contribution in [-0.2, 0) is 16.4 Å². The number of fused-ring (bicyclic) bond motifs is 1. The summed E-state index contributed by atoms with van der Waals surface area (Å²) in [5.41, 5.74) is 8.28. The van der Waals surface area contributed by atoms with Crippen LogP contribution in [0.5, 0.6) is 0 Å². The van der Waals surface area contributed by atoms with Crippen molar-refractivity contribution < 1.29 is 17.2 Å². The lowest BCUT2D eigenvalue weighted by Gasteiger charge is -2.18. The predicted molar refractivity (Wildman–Crippen MR) is 122 cm³/mol. The zero-order chi connectivity index (χ0) is 23.6. The van der Waals surface area contributed by atoms with Gasteiger partial charge in [-0.3, -0.25) is 9.40 Å². The number of rotatable bonds is 8. The highest BCUT2D eigenvalue weighted by atomic mass is 32.2. The molecule has 0 saturated heterocycles. The van der Waals surface area contributed by atoms with E-state index in [1.54, 1.807) is 4.68 Å². The van der Waals surface area contributed by atoms with E-state index in [0.29, 0.717) is 17.4 Å². The maximum Gasteiger partial charge on any atom is 0.265 e. The fourth-order valence-electron chi connectivity index (χ4n) is 3.81. The van der Waals surface area contributed by atoms with Crippen LogP contribution in [-0.4, -0.2) is 29.7 Å². The van der Waals surface area contributed by atoms with E-state index in [4.69, 9.17) is 5.73 Å². The fraction of sp³-hybridized carbons (Fsp3) is 0.217. The first-order chi connectivity index (χ1) is 15.8. The maximum absolute atomic E-state index is 15.0. The number of aromatic nitrogens is 3. The minimum absolute atomic E-state index is 0.215. The smallest absolute Gasteiger partial charge is 0.265 e. The van der Waals surface area contributed by atoms with E-state index >= 15 is 0 Å². The normalized spacial score (nSPS) is 12.7. The molecule has 0 aliphatic heterocycles. The molecule has 172 valence electrons. The van der Waals surface area contributed by atoms with Crippen LogP contribution in [0.1, 0.15) is 30.5 Å². The molecule has 7 nitrogen and oxygen atoms in total. The minimum atomic E-state index is -4.34. The van der Waals surface area contributed by atoms with Gasteiger partial charge in [0.25, 0.3) is 10.0 Å². The molecule has 0 fully saturated rings. The summed E-state index contributed by atoms with van der Waals surface area (Å²) in [6.45, 7) is 2.53. The van der Waals surface area contributed by atoms with Crippen LogP contribution in [0.2, 0.25) is 0 Å². The number of hydrogen-bond donors (Lipinski definition) is 2. The second-order valence-corrected chi connectivity index (χ2v) is 9.30. The lowest BCUT2D eigenvalue weighted by Crippen LogP contribution is -2.16. The Labute approximate surface area is 190 Å². The van der Waals surface area contributed by atoms with Crippen LogP contribution < -0.4 is 10.5 Å². The highest BCUT2D eigenvalue weighted by molar-refractivity contribution is 7.92. The van der Waals surface area contributed by atoms with Crippen molar-refractivity contribution in [2.24, 2.45) is 5.73 Å². The Bertz CT molecular complexity index is 1410. The third-order valence-corrected chi connectivity index (χ3v) is 6.78. The number of hydrogen-bond acceptors (Lipinski definition) is 5. The first-order valence-electron chi connectivity index (χ1n) is 10.4. The molecule has 10 heteroatoms. The van der Waals surface area contributed by atoms with Crippen molar-refractivity contribution in [2.75, 3.05) is 11.3 Å². The summed E-state index contributed by atoms with van der Waals surface area (Å²) < 4.78 is 57.5. The Kier molecular flexibility index (Phi) is 6.39. The Hall–Kier alpha value is -3.37. The van der Waals surface area contributed by atoms with Gasteiger partial charge in [0.1, 0.15) is 16.5 Å². The lowest BCUT2D eigenvalue weighted by atomic mass is 9.98. The number of benzene rings is 2. The summed E-state index contributed by atoms with van der Waals surface area (Å²) >= 11 is 0. The van der Waals surface area contributed by atoms with Crippen LogP contribution in [0.3, 0.4) is 0 Å².